The van der Waals surface area contributed by atoms with Crippen molar-refractivity contribution in [2.24, 2.45) is 5.92 Å². The van der Waals surface area contributed by atoms with Crippen LogP contribution in [0.3, 0.4) is 0 Å². The Morgan fingerprint density at radius 3 is 3.06 bits per heavy atom. The van der Waals surface area contributed by atoms with Gasteiger partial charge in [-0.3, -0.25) is 4.79 Å². The van der Waals surface area contributed by atoms with Crippen molar-refractivity contribution >= 4 is 12.1 Å². The molecule has 3 nitrogen and oxygen atoms in total. The van der Waals surface area contributed by atoms with Crippen molar-refractivity contribution in [2.45, 2.75) is 6.42 Å². The molecule has 0 fully saturated rings. The Kier molecular flexibility index (Phi) is 3.94. The zero-order chi connectivity index (χ0) is 12.1. The van der Waals surface area contributed by atoms with Gasteiger partial charge in [0.1, 0.15) is 0 Å². The first kappa shape index (κ1) is 11.9. The third kappa shape index (κ3) is 2.74. The number of hydrogen-bond donors (Lipinski definition) is 0. The summed E-state index contributed by atoms with van der Waals surface area (Å²) in [6.45, 7) is 5.59. The van der Waals surface area contributed by atoms with E-state index in [4.69, 9.17) is 4.74 Å². The highest BCUT2D eigenvalue weighted by atomic mass is 16.5. The Hall–Kier alpha value is -1.61. The third-order valence-corrected chi connectivity index (χ3v) is 2.98. The van der Waals surface area contributed by atoms with E-state index in [0.717, 1.165) is 25.1 Å². The highest BCUT2D eigenvalue weighted by molar-refractivity contribution is 5.78. The van der Waals surface area contributed by atoms with E-state index in [0.29, 0.717) is 19.1 Å². The summed E-state index contributed by atoms with van der Waals surface area (Å²) in [5.74, 6) is 0.370. The van der Waals surface area contributed by atoms with Gasteiger partial charge in [-0.25, -0.2) is 0 Å². The fourth-order valence-electron chi connectivity index (χ4n) is 2.25. The molecule has 3 heteroatoms. The molecule has 2 rings (SSSR count). The molecule has 1 unspecified atom stereocenters. The van der Waals surface area contributed by atoms with Crippen molar-refractivity contribution in [3.63, 3.8) is 0 Å². The van der Waals surface area contributed by atoms with E-state index < -0.39 is 0 Å². The molecule has 0 saturated heterocycles. The minimum atomic E-state index is 0.370. The lowest BCUT2D eigenvalue weighted by Crippen LogP contribution is -2.36. The molecule has 1 atom stereocenters. The molecule has 1 aliphatic rings. The molecule has 1 heterocycles. The normalized spacial score (nSPS) is 18.6. The molecule has 17 heavy (non-hydrogen) atoms. The van der Waals surface area contributed by atoms with Gasteiger partial charge in [-0.05, 0) is 18.1 Å². The van der Waals surface area contributed by atoms with Gasteiger partial charge in [-0.1, -0.05) is 24.3 Å². The lowest BCUT2D eigenvalue weighted by molar-refractivity contribution is -0.107. The number of hydrogen-bond acceptors (Lipinski definition) is 2. The predicted molar refractivity (Wildman–Crippen MR) is 68.1 cm³/mol. The Balaban J connectivity index is 2.07. The van der Waals surface area contributed by atoms with E-state index in [9.17, 15) is 4.79 Å². The van der Waals surface area contributed by atoms with Crippen molar-refractivity contribution in [1.82, 2.24) is 0 Å². The summed E-state index contributed by atoms with van der Waals surface area (Å²) in [4.78, 5) is 12.8. The van der Waals surface area contributed by atoms with Crippen LogP contribution in [0.25, 0.3) is 0 Å². The number of carbonyl (C=O) groups excluding carboxylic acids is 1. The Morgan fingerprint density at radius 2 is 2.29 bits per heavy atom. The number of amides is 1. The number of carbonyl (C=O) groups is 1. The standard InChI is InChI=1S/C14H17NO2/c1-2-7-17-10-12-8-13-5-3-4-6-14(13)15(9-12)11-16/h2-6,11-12H,1,7-10H2. The molecular weight excluding hydrogens is 214 g/mol. The van der Waals surface area contributed by atoms with Crippen molar-refractivity contribution in [2.75, 3.05) is 24.7 Å². The number of rotatable bonds is 5. The van der Waals surface area contributed by atoms with E-state index in [-0.39, 0.29) is 0 Å². The number of nitrogens with zero attached hydrogens (tertiary/aromatic N) is 1. The highest BCUT2D eigenvalue weighted by Crippen LogP contribution is 2.28. The van der Waals surface area contributed by atoms with Crippen molar-refractivity contribution in [1.29, 1.82) is 0 Å². The first-order valence-corrected chi connectivity index (χ1v) is 5.83. The first-order valence-electron chi connectivity index (χ1n) is 5.83. The number of anilines is 1. The summed E-state index contributed by atoms with van der Waals surface area (Å²) in [6, 6.07) is 8.04. The van der Waals surface area contributed by atoms with E-state index in [1.807, 2.05) is 18.2 Å². The van der Waals surface area contributed by atoms with Gasteiger partial charge in [0, 0.05) is 18.2 Å². The molecule has 1 aliphatic heterocycles. The van der Waals surface area contributed by atoms with Crippen LogP contribution in [-0.2, 0) is 16.0 Å². The zero-order valence-electron chi connectivity index (χ0n) is 9.84. The van der Waals surface area contributed by atoms with E-state index >= 15 is 0 Å². The lowest BCUT2D eigenvalue weighted by atomic mass is 9.93. The van der Waals surface area contributed by atoms with Crippen molar-refractivity contribution in [3.8, 4) is 0 Å². The topological polar surface area (TPSA) is 29.5 Å². The van der Waals surface area contributed by atoms with Crippen molar-refractivity contribution in [3.05, 3.63) is 42.5 Å². The second kappa shape index (κ2) is 5.64. The lowest BCUT2D eigenvalue weighted by Gasteiger charge is -2.31. The summed E-state index contributed by atoms with van der Waals surface area (Å²) in [5, 5.41) is 0. The van der Waals surface area contributed by atoms with Gasteiger partial charge in [0.05, 0.1) is 13.2 Å². The maximum absolute atomic E-state index is 11.1. The summed E-state index contributed by atoms with van der Waals surface area (Å²) in [6.07, 6.45) is 3.62. The molecule has 1 amide bonds. The Labute approximate surface area is 102 Å². The van der Waals surface area contributed by atoms with Crippen LogP contribution in [0.1, 0.15) is 5.56 Å². The van der Waals surface area contributed by atoms with Gasteiger partial charge in [0.2, 0.25) is 6.41 Å². The smallest absolute Gasteiger partial charge is 0.214 e. The summed E-state index contributed by atoms with van der Waals surface area (Å²) in [5.41, 5.74) is 2.25. The van der Waals surface area contributed by atoms with Crippen LogP contribution in [0.4, 0.5) is 5.69 Å². The van der Waals surface area contributed by atoms with Crippen LogP contribution in [0.2, 0.25) is 0 Å². The van der Waals surface area contributed by atoms with Crippen LogP contribution < -0.4 is 4.90 Å². The molecule has 1 aromatic rings. The maximum atomic E-state index is 11.1. The molecule has 0 radical (unpaired) electrons. The summed E-state index contributed by atoms with van der Waals surface area (Å²) in [7, 11) is 0. The monoisotopic (exact) mass is 231 g/mol. The fraction of sp³-hybridized carbons (Fsp3) is 0.357. The van der Waals surface area contributed by atoms with Crippen LogP contribution >= 0.6 is 0 Å². The molecule has 0 saturated carbocycles. The highest BCUT2D eigenvalue weighted by Gasteiger charge is 2.23. The maximum Gasteiger partial charge on any atom is 0.214 e. The van der Waals surface area contributed by atoms with Gasteiger partial charge < -0.3 is 9.64 Å². The first-order chi connectivity index (χ1) is 8.35. The molecule has 0 spiro atoms. The fourth-order valence-corrected chi connectivity index (χ4v) is 2.25. The number of benzene rings is 1. The Morgan fingerprint density at radius 1 is 1.47 bits per heavy atom. The van der Waals surface area contributed by atoms with Crippen molar-refractivity contribution < 1.29 is 9.53 Å². The summed E-state index contributed by atoms with van der Waals surface area (Å²) >= 11 is 0. The second-order valence-corrected chi connectivity index (χ2v) is 4.28. The third-order valence-electron chi connectivity index (χ3n) is 2.98. The van der Waals surface area contributed by atoms with Gasteiger partial charge in [-0.15, -0.1) is 6.58 Å². The minimum Gasteiger partial charge on any atom is -0.377 e. The number of fused-ring (bicyclic) bond motifs is 1. The molecule has 0 bridgehead atoms. The zero-order valence-corrected chi connectivity index (χ0v) is 9.84. The SMILES string of the molecule is C=CCOCC1Cc2ccccc2N(C=O)C1. The van der Waals surface area contributed by atoms with E-state index in [1.165, 1.54) is 5.56 Å². The van der Waals surface area contributed by atoms with Crippen LogP contribution in [0, 0.1) is 5.92 Å². The van der Waals surface area contributed by atoms with Crippen LogP contribution in [-0.4, -0.2) is 26.2 Å². The van der Waals surface area contributed by atoms with Gasteiger partial charge in [-0.2, -0.15) is 0 Å². The average molecular weight is 231 g/mol. The van der Waals surface area contributed by atoms with E-state index in [2.05, 4.69) is 12.6 Å². The molecule has 0 aliphatic carbocycles. The van der Waals surface area contributed by atoms with Gasteiger partial charge in [0.15, 0.2) is 0 Å². The summed E-state index contributed by atoms with van der Waals surface area (Å²) < 4.78 is 5.47. The number of para-hydroxylation sites is 1. The molecular formula is C14H17NO2. The molecule has 0 aromatic heterocycles. The predicted octanol–water partition coefficient (Wildman–Crippen LogP) is 2.02. The second-order valence-electron chi connectivity index (χ2n) is 4.28. The molecule has 0 N–H and O–H groups in total. The molecule has 1 aromatic carbocycles. The Bertz CT molecular complexity index is 403. The van der Waals surface area contributed by atoms with Gasteiger partial charge in [0.25, 0.3) is 0 Å². The van der Waals surface area contributed by atoms with Gasteiger partial charge >= 0.3 is 0 Å². The largest absolute Gasteiger partial charge is 0.377 e. The average Bonchev–Trinajstić information content (AvgIpc) is 2.38. The minimum absolute atomic E-state index is 0.370. The number of ether oxygens (including phenoxy) is 1. The van der Waals surface area contributed by atoms with Crippen LogP contribution in [0.5, 0.6) is 0 Å². The van der Waals surface area contributed by atoms with E-state index in [1.54, 1.807) is 11.0 Å². The molecule has 90 valence electrons. The van der Waals surface area contributed by atoms with Crippen LogP contribution in [0.15, 0.2) is 36.9 Å². The quantitative estimate of drug-likeness (QED) is 0.441.